The van der Waals surface area contributed by atoms with Gasteiger partial charge in [-0.1, -0.05) is 105 Å². The van der Waals surface area contributed by atoms with E-state index in [9.17, 15) is 0 Å². The molecule has 0 spiro atoms. The minimum atomic E-state index is -2.02. The Kier molecular flexibility index (Phi) is 9.43. The maximum absolute atomic E-state index is 6.74. The van der Waals surface area contributed by atoms with Crippen LogP contribution in [-0.2, 0) is 16.2 Å². The Morgan fingerprint density at radius 3 is 1.88 bits per heavy atom. The maximum Gasteiger partial charge on any atom is 0.128 e. The highest BCUT2D eigenvalue weighted by Gasteiger charge is 2.32. The third-order valence-corrected chi connectivity index (χ3v) is 16.2. The van der Waals surface area contributed by atoms with E-state index in [-0.39, 0.29) is 16.2 Å². The lowest BCUT2D eigenvalue weighted by Crippen LogP contribution is -2.52. The summed E-state index contributed by atoms with van der Waals surface area (Å²) in [4.78, 5) is 14.5. The van der Waals surface area contributed by atoms with Crippen LogP contribution in [0.3, 0.4) is 0 Å². The van der Waals surface area contributed by atoms with E-state index >= 15 is 0 Å². The first-order chi connectivity index (χ1) is 23.7. The molecule has 0 fully saturated rings. The number of rotatable bonds is 6. The van der Waals surface area contributed by atoms with E-state index in [0.717, 1.165) is 49.8 Å². The summed E-state index contributed by atoms with van der Waals surface area (Å²) >= 11 is 1.87. The summed E-state index contributed by atoms with van der Waals surface area (Å²) in [6.07, 6.45) is 3.63. The standard InChI is InChI=1S/C45H53N3OSSi/c1-28-20-30(38-26-33(18-19-46-38)44(6,7)8)23-35(21-28)49-36-24-31(22-34(25-36)45(9,10)11)40-41-39(47-27-48-40)29(2)42(50-41)51(12,13)37-16-14-32(15-17-37)43(3,4)5/h14-27H,1-13H3. The van der Waals surface area contributed by atoms with Gasteiger partial charge in [-0.05, 0) is 106 Å². The van der Waals surface area contributed by atoms with E-state index in [1.165, 1.54) is 31.9 Å². The van der Waals surface area contributed by atoms with Crippen LogP contribution in [0.4, 0.5) is 0 Å². The number of ether oxygens (including phenoxy) is 1. The molecule has 3 heterocycles. The molecule has 0 bridgehead atoms. The second-order valence-corrected chi connectivity index (χ2v) is 23.4. The molecule has 6 rings (SSSR count). The van der Waals surface area contributed by atoms with Crippen molar-refractivity contribution in [1.82, 2.24) is 15.0 Å². The number of thiophene rings is 1. The largest absolute Gasteiger partial charge is 0.457 e. The molecule has 0 atom stereocenters. The molecular formula is C45H53N3OSSi. The van der Waals surface area contributed by atoms with Crippen molar-refractivity contribution in [2.45, 2.75) is 106 Å². The van der Waals surface area contributed by atoms with Crippen LogP contribution in [0.2, 0.25) is 13.1 Å². The predicted octanol–water partition coefficient (Wildman–Crippen LogP) is 11.5. The maximum atomic E-state index is 6.74. The highest BCUT2D eigenvalue weighted by Crippen LogP contribution is 2.39. The van der Waals surface area contributed by atoms with E-state index in [1.54, 1.807) is 6.33 Å². The molecule has 0 saturated carbocycles. The molecule has 0 N–H and O–H groups in total. The van der Waals surface area contributed by atoms with Crippen molar-refractivity contribution in [3.63, 3.8) is 0 Å². The predicted molar refractivity (Wildman–Crippen MR) is 221 cm³/mol. The van der Waals surface area contributed by atoms with Crippen molar-refractivity contribution in [1.29, 1.82) is 0 Å². The third-order valence-electron chi connectivity index (χ3n) is 10.00. The summed E-state index contributed by atoms with van der Waals surface area (Å²) in [6, 6.07) is 26.6. The lowest BCUT2D eigenvalue weighted by atomic mass is 9.85. The zero-order valence-electron chi connectivity index (χ0n) is 32.7. The first-order valence-electron chi connectivity index (χ1n) is 18.0. The molecule has 3 aromatic heterocycles. The molecular weight excluding hydrogens is 659 g/mol. The summed E-state index contributed by atoms with van der Waals surface area (Å²) < 4.78 is 9.33. The second kappa shape index (κ2) is 13.1. The van der Waals surface area contributed by atoms with Crippen molar-refractivity contribution in [2.75, 3.05) is 0 Å². The van der Waals surface area contributed by atoms with Gasteiger partial charge < -0.3 is 4.74 Å². The van der Waals surface area contributed by atoms with Crippen molar-refractivity contribution in [3.8, 4) is 34.0 Å². The molecule has 0 unspecified atom stereocenters. The van der Waals surface area contributed by atoms with Crippen LogP contribution >= 0.6 is 11.3 Å². The van der Waals surface area contributed by atoms with Gasteiger partial charge in [0.25, 0.3) is 0 Å². The quantitative estimate of drug-likeness (QED) is 0.161. The van der Waals surface area contributed by atoms with Crippen LogP contribution in [0, 0.1) is 13.8 Å². The van der Waals surface area contributed by atoms with Crippen molar-refractivity contribution in [2.24, 2.45) is 0 Å². The van der Waals surface area contributed by atoms with Crippen molar-refractivity contribution >= 4 is 39.3 Å². The van der Waals surface area contributed by atoms with Gasteiger partial charge in [0.05, 0.1) is 21.6 Å². The number of aryl methyl sites for hydroxylation is 2. The fraction of sp³-hybridized carbons (Fsp3) is 0.356. The zero-order chi connectivity index (χ0) is 37.1. The van der Waals surface area contributed by atoms with Crippen LogP contribution in [0.15, 0.2) is 85.3 Å². The normalized spacial score (nSPS) is 12.8. The van der Waals surface area contributed by atoms with Gasteiger partial charge >= 0.3 is 0 Å². The lowest BCUT2D eigenvalue weighted by molar-refractivity contribution is 0.478. The highest BCUT2D eigenvalue weighted by atomic mass is 32.1. The average Bonchev–Trinajstić information content (AvgIpc) is 3.40. The van der Waals surface area contributed by atoms with Crippen molar-refractivity contribution in [3.05, 3.63) is 113 Å². The Balaban J connectivity index is 1.42. The minimum absolute atomic E-state index is 0.0363. The molecule has 6 aromatic rings. The Morgan fingerprint density at radius 2 is 1.24 bits per heavy atom. The SMILES string of the molecule is Cc1cc(Oc2cc(-c3ncnc4c(C)c([Si](C)(C)c5ccc(C(C)(C)C)cc5)sc34)cc(C(C)(C)C)c2)cc(-c2cc(C(C)(C)C)ccn2)c1. The van der Waals surface area contributed by atoms with E-state index in [0.29, 0.717) is 0 Å². The molecule has 0 aliphatic heterocycles. The van der Waals surface area contributed by atoms with Crippen LogP contribution in [0.1, 0.15) is 90.1 Å². The number of aromatic nitrogens is 3. The Labute approximate surface area is 310 Å². The van der Waals surface area contributed by atoms with Gasteiger partial charge in [0, 0.05) is 21.8 Å². The summed E-state index contributed by atoms with van der Waals surface area (Å²) in [6.45, 7) is 29.5. The van der Waals surface area contributed by atoms with Gasteiger partial charge in [-0.2, -0.15) is 0 Å². The summed E-state index contributed by atoms with van der Waals surface area (Å²) in [7, 11) is -2.02. The summed E-state index contributed by atoms with van der Waals surface area (Å²) in [5, 5.41) is 1.43. The average molecular weight is 712 g/mol. The smallest absolute Gasteiger partial charge is 0.128 e. The van der Waals surface area contributed by atoms with Crippen molar-refractivity contribution < 1.29 is 4.74 Å². The molecule has 0 aliphatic rings. The Hall–Kier alpha value is -4.13. The van der Waals surface area contributed by atoms with Gasteiger partial charge in [0.15, 0.2) is 0 Å². The topological polar surface area (TPSA) is 47.9 Å². The Morgan fingerprint density at radius 1 is 0.608 bits per heavy atom. The molecule has 264 valence electrons. The van der Waals surface area contributed by atoms with Crippen LogP contribution in [-0.4, -0.2) is 23.0 Å². The number of benzene rings is 3. The van der Waals surface area contributed by atoms with Crippen LogP contribution in [0.25, 0.3) is 32.7 Å². The molecule has 4 nitrogen and oxygen atoms in total. The minimum Gasteiger partial charge on any atom is -0.457 e. The van der Waals surface area contributed by atoms with Gasteiger partial charge in [0.2, 0.25) is 0 Å². The molecule has 0 aliphatic carbocycles. The van der Waals surface area contributed by atoms with E-state index in [4.69, 9.17) is 19.7 Å². The highest BCUT2D eigenvalue weighted by molar-refractivity contribution is 7.34. The van der Waals surface area contributed by atoms with Crippen LogP contribution in [0.5, 0.6) is 11.5 Å². The lowest BCUT2D eigenvalue weighted by Gasteiger charge is -2.25. The fourth-order valence-electron chi connectivity index (χ4n) is 6.72. The molecule has 6 heteroatoms. The van der Waals surface area contributed by atoms with Gasteiger partial charge in [0.1, 0.15) is 25.9 Å². The van der Waals surface area contributed by atoms with E-state index in [1.807, 2.05) is 17.5 Å². The number of fused-ring (bicyclic) bond motifs is 1. The molecule has 0 radical (unpaired) electrons. The fourth-order valence-corrected chi connectivity index (χ4v) is 11.7. The van der Waals surface area contributed by atoms with E-state index < -0.39 is 8.07 Å². The molecule has 51 heavy (non-hydrogen) atoms. The second-order valence-electron chi connectivity index (χ2n) is 17.7. The van der Waals surface area contributed by atoms with Crippen LogP contribution < -0.4 is 14.4 Å². The molecule has 0 saturated heterocycles. The third kappa shape index (κ3) is 7.59. The first-order valence-corrected chi connectivity index (χ1v) is 21.8. The van der Waals surface area contributed by atoms with Gasteiger partial charge in [-0.25, -0.2) is 9.97 Å². The zero-order valence-corrected chi connectivity index (χ0v) is 34.6. The number of nitrogens with zero attached hydrogens (tertiary/aromatic N) is 3. The number of hydrogen-bond donors (Lipinski definition) is 0. The summed E-state index contributed by atoms with van der Waals surface area (Å²) in [5.41, 5.74) is 11.3. The van der Waals surface area contributed by atoms with Gasteiger partial charge in [-0.15, -0.1) is 11.3 Å². The van der Waals surface area contributed by atoms with E-state index in [2.05, 4.69) is 162 Å². The molecule has 3 aromatic carbocycles. The first kappa shape index (κ1) is 36.7. The number of pyridine rings is 1. The Bertz CT molecular complexity index is 2230. The van der Waals surface area contributed by atoms with Gasteiger partial charge in [-0.3, -0.25) is 4.98 Å². The summed E-state index contributed by atoms with van der Waals surface area (Å²) in [5.74, 6) is 1.58. The molecule has 0 amide bonds. The monoisotopic (exact) mass is 711 g/mol. The number of hydrogen-bond acceptors (Lipinski definition) is 5.